The Labute approximate surface area is 156 Å². The number of fused-ring (bicyclic) bond motifs is 1. The largest absolute Gasteiger partial charge is 0.268 e. The number of sulfone groups is 1. The van der Waals surface area contributed by atoms with Crippen molar-refractivity contribution in [3.63, 3.8) is 0 Å². The first-order valence-corrected chi connectivity index (χ1v) is 10.2. The zero-order valence-corrected chi connectivity index (χ0v) is 15.3. The fraction of sp³-hybridized carbons (Fsp3) is 0.0476. The van der Waals surface area contributed by atoms with Gasteiger partial charge in [0.05, 0.1) is 21.5 Å². The molecular weight excluding hydrogens is 360 g/mol. The van der Waals surface area contributed by atoms with E-state index in [1.54, 1.807) is 30.3 Å². The Morgan fingerprint density at radius 1 is 0.815 bits per heavy atom. The van der Waals surface area contributed by atoms with Crippen molar-refractivity contribution >= 4 is 20.7 Å². The minimum atomic E-state index is -3.31. The average Bonchev–Trinajstić information content (AvgIpc) is 2.68. The molecule has 0 N–H and O–H groups in total. The lowest BCUT2D eigenvalue weighted by Gasteiger charge is -2.14. The van der Waals surface area contributed by atoms with E-state index in [0.29, 0.717) is 22.4 Å². The van der Waals surface area contributed by atoms with E-state index in [1.165, 1.54) is 16.7 Å². The van der Waals surface area contributed by atoms with Gasteiger partial charge in [0.15, 0.2) is 9.84 Å². The lowest BCUT2D eigenvalue weighted by atomic mass is 10.1. The van der Waals surface area contributed by atoms with E-state index in [2.05, 4.69) is 0 Å². The van der Waals surface area contributed by atoms with Gasteiger partial charge in [-0.2, -0.15) is 0 Å². The molecule has 3 aromatic carbocycles. The quantitative estimate of drug-likeness (QED) is 0.549. The van der Waals surface area contributed by atoms with Gasteiger partial charge in [0.25, 0.3) is 5.56 Å². The predicted molar refractivity (Wildman–Crippen MR) is 106 cm³/mol. The van der Waals surface area contributed by atoms with Crippen molar-refractivity contribution < 1.29 is 8.42 Å². The highest BCUT2D eigenvalue weighted by Gasteiger charge is 2.15. The van der Waals surface area contributed by atoms with E-state index in [1.807, 2.05) is 36.4 Å². The van der Waals surface area contributed by atoms with Crippen molar-refractivity contribution in [2.45, 2.75) is 4.90 Å². The molecule has 0 bridgehead atoms. The summed E-state index contributed by atoms with van der Waals surface area (Å²) in [4.78, 5) is 18.1. The second kappa shape index (κ2) is 6.48. The van der Waals surface area contributed by atoms with Crippen molar-refractivity contribution in [3.05, 3.63) is 89.2 Å². The Kier molecular flexibility index (Phi) is 4.12. The summed E-state index contributed by atoms with van der Waals surface area (Å²) < 4.78 is 25.0. The second-order valence-electron chi connectivity index (χ2n) is 6.23. The van der Waals surface area contributed by atoms with Gasteiger partial charge in [0.1, 0.15) is 5.82 Å². The first-order valence-electron chi connectivity index (χ1n) is 8.33. The average molecular weight is 376 g/mol. The first kappa shape index (κ1) is 17.2. The van der Waals surface area contributed by atoms with Gasteiger partial charge in [-0.25, -0.2) is 13.4 Å². The smallest absolute Gasteiger partial charge is 0.266 e. The molecule has 0 saturated heterocycles. The van der Waals surface area contributed by atoms with Gasteiger partial charge in [-0.05, 0) is 36.4 Å². The van der Waals surface area contributed by atoms with Gasteiger partial charge < -0.3 is 0 Å². The molecule has 0 unspecified atom stereocenters. The van der Waals surface area contributed by atoms with Crippen LogP contribution in [0.2, 0.25) is 0 Å². The minimum Gasteiger partial charge on any atom is -0.268 e. The third-order valence-corrected chi connectivity index (χ3v) is 5.46. The first-order chi connectivity index (χ1) is 12.9. The number of benzene rings is 3. The maximum Gasteiger partial charge on any atom is 0.266 e. The number of hydrogen-bond acceptors (Lipinski definition) is 4. The maximum absolute atomic E-state index is 13.2. The van der Waals surface area contributed by atoms with Crippen LogP contribution < -0.4 is 5.56 Å². The van der Waals surface area contributed by atoms with Crippen molar-refractivity contribution in [1.82, 2.24) is 9.55 Å². The van der Waals surface area contributed by atoms with E-state index >= 15 is 0 Å². The summed E-state index contributed by atoms with van der Waals surface area (Å²) in [5.74, 6) is 0.506. The fourth-order valence-corrected chi connectivity index (χ4v) is 3.63. The van der Waals surface area contributed by atoms with Crippen molar-refractivity contribution in [2.75, 3.05) is 6.26 Å². The standard InChI is InChI=1S/C21H16N2O3S/c1-27(25,26)17-13-11-16(12-14-17)23-20(15-7-3-2-4-8-15)22-19-10-6-5-9-18(19)21(23)24/h2-14H,1H3. The van der Waals surface area contributed by atoms with E-state index in [9.17, 15) is 13.2 Å². The summed E-state index contributed by atoms with van der Waals surface area (Å²) in [6, 6.07) is 22.9. The summed E-state index contributed by atoms with van der Waals surface area (Å²) >= 11 is 0. The number of hydrogen-bond donors (Lipinski definition) is 0. The van der Waals surface area contributed by atoms with Crippen LogP contribution in [0.1, 0.15) is 0 Å². The molecule has 1 aromatic heterocycles. The molecular formula is C21H16N2O3S. The molecule has 4 aromatic rings. The van der Waals surface area contributed by atoms with Crippen molar-refractivity contribution in [2.24, 2.45) is 0 Å². The molecule has 0 amide bonds. The highest BCUT2D eigenvalue weighted by atomic mass is 32.2. The van der Waals surface area contributed by atoms with Crippen molar-refractivity contribution in [3.8, 4) is 17.1 Å². The number of rotatable bonds is 3. The predicted octanol–water partition coefficient (Wildman–Crippen LogP) is 3.46. The Morgan fingerprint density at radius 2 is 1.44 bits per heavy atom. The SMILES string of the molecule is CS(=O)(=O)c1ccc(-n2c(-c3ccccc3)nc3ccccc3c2=O)cc1. The van der Waals surface area contributed by atoms with Gasteiger partial charge in [-0.3, -0.25) is 9.36 Å². The molecule has 4 rings (SSSR count). The lowest BCUT2D eigenvalue weighted by Crippen LogP contribution is -2.22. The molecule has 0 atom stereocenters. The molecule has 27 heavy (non-hydrogen) atoms. The maximum atomic E-state index is 13.2. The zero-order chi connectivity index (χ0) is 19.0. The molecule has 0 fully saturated rings. The van der Waals surface area contributed by atoms with E-state index in [-0.39, 0.29) is 10.5 Å². The summed E-state index contributed by atoms with van der Waals surface area (Å²) in [5.41, 5.74) is 1.77. The molecule has 0 aliphatic rings. The van der Waals surface area contributed by atoms with Gasteiger partial charge in [0, 0.05) is 11.8 Å². The molecule has 0 aliphatic heterocycles. The van der Waals surface area contributed by atoms with Crippen LogP contribution in [-0.2, 0) is 9.84 Å². The normalized spacial score (nSPS) is 11.6. The zero-order valence-electron chi connectivity index (χ0n) is 14.5. The molecule has 0 radical (unpaired) electrons. The van der Waals surface area contributed by atoms with Crippen LogP contribution in [0.5, 0.6) is 0 Å². The van der Waals surface area contributed by atoms with Crippen LogP contribution in [0.3, 0.4) is 0 Å². The van der Waals surface area contributed by atoms with Crippen LogP contribution >= 0.6 is 0 Å². The molecule has 0 saturated carbocycles. The second-order valence-corrected chi connectivity index (χ2v) is 8.24. The highest BCUT2D eigenvalue weighted by Crippen LogP contribution is 2.22. The van der Waals surface area contributed by atoms with Gasteiger partial charge in [-0.15, -0.1) is 0 Å². The number of nitrogens with zero attached hydrogens (tertiary/aromatic N) is 2. The third-order valence-electron chi connectivity index (χ3n) is 4.33. The number of aromatic nitrogens is 2. The Bertz CT molecular complexity index is 1290. The lowest BCUT2D eigenvalue weighted by molar-refractivity contribution is 0.602. The molecule has 1 heterocycles. The molecule has 6 heteroatoms. The van der Waals surface area contributed by atoms with Gasteiger partial charge >= 0.3 is 0 Å². The number of para-hydroxylation sites is 1. The third kappa shape index (κ3) is 3.15. The van der Waals surface area contributed by atoms with E-state index < -0.39 is 9.84 Å². The van der Waals surface area contributed by atoms with Gasteiger partial charge in [-0.1, -0.05) is 42.5 Å². The van der Waals surface area contributed by atoms with E-state index in [0.717, 1.165) is 11.8 Å². The van der Waals surface area contributed by atoms with Crippen LogP contribution in [0.4, 0.5) is 0 Å². The highest BCUT2D eigenvalue weighted by molar-refractivity contribution is 7.90. The summed E-state index contributed by atoms with van der Waals surface area (Å²) in [6.45, 7) is 0. The molecule has 0 spiro atoms. The summed E-state index contributed by atoms with van der Waals surface area (Å²) in [7, 11) is -3.31. The summed E-state index contributed by atoms with van der Waals surface area (Å²) in [6.07, 6.45) is 1.15. The van der Waals surface area contributed by atoms with Crippen LogP contribution in [0, 0.1) is 0 Å². The van der Waals surface area contributed by atoms with Crippen LogP contribution in [0.15, 0.2) is 88.6 Å². The van der Waals surface area contributed by atoms with Crippen LogP contribution in [0.25, 0.3) is 28.0 Å². The fourth-order valence-electron chi connectivity index (χ4n) is 3.00. The Morgan fingerprint density at radius 3 is 2.11 bits per heavy atom. The molecule has 134 valence electrons. The van der Waals surface area contributed by atoms with Crippen molar-refractivity contribution in [1.29, 1.82) is 0 Å². The van der Waals surface area contributed by atoms with Crippen LogP contribution in [-0.4, -0.2) is 24.2 Å². The van der Waals surface area contributed by atoms with E-state index in [4.69, 9.17) is 4.98 Å². The molecule has 5 nitrogen and oxygen atoms in total. The summed E-state index contributed by atoms with van der Waals surface area (Å²) in [5, 5.41) is 0.504. The molecule has 0 aliphatic carbocycles. The Hall–Kier alpha value is -3.25. The minimum absolute atomic E-state index is 0.202. The monoisotopic (exact) mass is 376 g/mol. The Balaban J connectivity index is 2.04. The topological polar surface area (TPSA) is 69.0 Å². The van der Waals surface area contributed by atoms with Gasteiger partial charge in [0.2, 0.25) is 0 Å².